The van der Waals surface area contributed by atoms with E-state index in [4.69, 9.17) is 4.42 Å². The highest BCUT2D eigenvalue weighted by molar-refractivity contribution is 7.22. The van der Waals surface area contributed by atoms with E-state index in [0.29, 0.717) is 17.2 Å². The fourth-order valence-electron chi connectivity index (χ4n) is 2.15. The van der Waals surface area contributed by atoms with Crippen LogP contribution in [-0.2, 0) is 0 Å². The van der Waals surface area contributed by atoms with Gasteiger partial charge >= 0.3 is 0 Å². The van der Waals surface area contributed by atoms with Gasteiger partial charge in [0.25, 0.3) is 5.91 Å². The summed E-state index contributed by atoms with van der Waals surface area (Å²) in [6.45, 7) is 1.26. The van der Waals surface area contributed by atoms with Gasteiger partial charge in [-0.15, -0.1) is 0 Å². The molecule has 0 radical (unpaired) electrons. The number of aromatic nitrogens is 1. The van der Waals surface area contributed by atoms with Crippen LogP contribution < -0.4 is 9.80 Å². The normalized spacial score (nSPS) is 11.3. The van der Waals surface area contributed by atoms with Crippen LogP contribution in [0.3, 0.4) is 0 Å². The van der Waals surface area contributed by atoms with Gasteiger partial charge in [0.2, 0.25) is 0 Å². The maximum Gasteiger partial charge on any atom is 0.295 e. The second kappa shape index (κ2) is 6.47. The number of quaternary nitrogens is 1. The number of hydrogen-bond donors (Lipinski definition) is 1. The summed E-state index contributed by atoms with van der Waals surface area (Å²) < 4.78 is 19.3. The molecule has 2 heterocycles. The molecule has 0 saturated heterocycles. The Labute approximate surface area is 136 Å². The molecule has 1 aromatic carbocycles. The van der Waals surface area contributed by atoms with Gasteiger partial charge in [0, 0.05) is 0 Å². The van der Waals surface area contributed by atoms with Crippen molar-refractivity contribution in [3.63, 3.8) is 0 Å². The topological polar surface area (TPSA) is 50.8 Å². The molecule has 3 aromatic rings. The molecule has 7 heteroatoms. The molecule has 120 valence electrons. The van der Waals surface area contributed by atoms with E-state index in [1.54, 1.807) is 23.1 Å². The summed E-state index contributed by atoms with van der Waals surface area (Å²) in [5.74, 6) is -0.283. The minimum Gasteiger partial charge on any atom is -0.459 e. The minimum absolute atomic E-state index is 0.240. The monoisotopic (exact) mass is 334 g/mol. The van der Waals surface area contributed by atoms with Crippen LogP contribution in [0.15, 0.2) is 41.0 Å². The first-order valence-electron chi connectivity index (χ1n) is 7.25. The van der Waals surface area contributed by atoms with Crippen LogP contribution in [0.25, 0.3) is 10.2 Å². The van der Waals surface area contributed by atoms with E-state index in [-0.39, 0.29) is 17.5 Å². The number of nitrogens with zero attached hydrogens (tertiary/aromatic N) is 2. The summed E-state index contributed by atoms with van der Waals surface area (Å²) in [4.78, 5) is 20.0. The first-order chi connectivity index (χ1) is 11.0. The lowest BCUT2D eigenvalue weighted by Gasteiger charge is -2.19. The Bertz CT molecular complexity index is 814. The number of thiazole rings is 1. The van der Waals surface area contributed by atoms with Crippen LogP contribution in [-0.4, -0.2) is 38.1 Å². The van der Waals surface area contributed by atoms with E-state index in [1.165, 1.54) is 34.6 Å². The molecule has 3 rings (SSSR count). The Morgan fingerprint density at radius 3 is 2.91 bits per heavy atom. The number of carbonyl (C=O) groups excluding carboxylic acids is 1. The molecular weight excluding hydrogens is 317 g/mol. The third kappa shape index (κ3) is 3.40. The van der Waals surface area contributed by atoms with Gasteiger partial charge < -0.3 is 9.32 Å². The lowest BCUT2D eigenvalue weighted by atomic mass is 10.3. The van der Waals surface area contributed by atoms with Crippen molar-refractivity contribution in [3.8, 4) is 0 Å². The van der Waals surface area contributed by atoms with E-state index < -0.39 is 0 Å². The average Bonchev–Trinajstić information content (AvgIpc) is 3.15. The lowest BCUT2D eigenvalue weighted by molar-refractivity contribution is -0.856. The fourth-order valence-corrected chi connectivity index (χ4v) is 3.17. The number of likely N-dealkylation sites (N-methyl/N-ethyl adjacent to an activating group) is 1. The zero-order valence-electron chi connectivity index (χ0n) is 12.9. The van der Waals surface area contributed by atoms with Crippen molar-refractivity contribution in [1.82, 2.24) is 4.98 Å². The SMILES string of the molecule is C[NH+](C)CCN(C(=O)c1ccco1)c1nc2ccc(F)cc2s1. The van der Waals surface area contributed by atoms with Crippen LogP contribution in [0.4, 0.5) is 9.52 Å². The summed E-state index contributed by atoms with van der Waals surface area (Å²) in [6.07, 6.45) is 1.47. The van der Waals surface area contributed by atoms with Crippen LogP contribution in [0.5, 0.6) is 0 Å². The molecule has 0 aliphatic rings. The van der Waals surface area contributed by atoms with Crippen LogP contribution in [0, 0.1) is 5.82 Å². The summed E-state index contributed by atoms with van der Waals surface area (Å²) in [5.41, 5.74) is 0.681. The molecule has 0 aliphatic heterocycles. The van der Waals surface area contributed by atoms with Gasteiger partial charge in [-0.1, -0.05) is 11.3 Å². The third-order valence-electron chi connectivity index (χ3n) is 3.38. The van der Waals surface area contributed by atoms with Gasteiger partial charge in [0.05, 0.1) is 43.7 Å². The van der Waals surface area contributed by atoms with E-state index in [2.05, 4.69) is 4.98 Å². The molecule has 2 aromatic heterocycles. The molecule has 0 unspecified atom stereocenters. The summed E-state index contributed by atoms with van der Waals surface area (Å²) in [7, 11) is 4.03. The number of carbonyl (C=O) groups is 1. The minimum atomic E-state index is -0.311. The Balaban J connectivity index is 1.96. The molecule has 0 fully saturated rings. The van der Waals surface area contributed by atoms with Crippen molar-refractivity contribution in [2.45, 2.75) is 0 Å². The smallest absolute Gasteiger partial charge is 0.295 e. The standard InChI is InChI=1S/C16H16FN3O2S/c1-19(2)7-8-20(15(21)13-4-3-9-22-13)16-18-12-6-5-11(17)10-14(12)23-16/h3-6,9-10H,7-8H2,1-2H3/p+1. The van der Waals surface area contributed by atoms with Gasteiger partial charge in [-0.3, -0.25) is 9.69 Å². The third-order valence-corrected chi connectivity index (χ3v) is 4.42. The zero-order chi connectivity index (χ0) is 16.4. The van der Waals surface area contributed by atoms with Gasteiger partial charge in [0.15, 0.2) is 10.9 Å². The highest BCUT2D eigenvalue weighted by Crippen LogP contribution is 2.30. The first kappa shape index (κ1) is 15.6. The predicted molar refractivity (Wildman–Crippen MR) is 87.6 cm³/mol. The van der Waals surface area contributed by atoms with Crippen molar-refractivity contribution in [1.29, 1.82) is 0 Å². The van der Waals surface area contributed by atoms with Crippen LogP contribution in [0.2, 0.25) is 0 Å². The van der Waals surface area contributed by atoms with Gasteiger partial charge in [-0.2, -0.15) is 0 Å². The molecule has 1 amide bonds. The van der Waals surface area contributed by atoms with Crippen molar-refractivity contribution in [2.75, 3.05) is 32.1 Å². The van der Waals surface area contributed by atoms with Crippen molar-refractivity contribution >= 4 is 32.6 Å². The number of hydrogen-bond acceptors (Lipinski definition) is 4. The predicted octanol–water partition coefficient (Wildman–Crippen LogP) is 1.82. The molecular formula is C16H17FN3O2S+. The molecule has 0 aliphatic carbocycles. The van der Waals surface area contributed by atoms with Gasteiger partial charge in [0.1, 0.15) is 5.82 Å². The molecule has 0 spiro atoms. The van der Waals surface area contributed by atoms with Gasteiger partial charge in [-0.25, -0.2) is 9.37 Å². The zero-order valence-corrected chi connectivity index (χ0v) is 13.7. The number of furan rings is 1. The number of amides is 1. The Kier molecular flexibility index (Phi) is 4.40. The van der Waals surface area contributed by atoms with Crippen LogP contribution in [0.1, 0.15) is 10.6 Å². The quantitative estimate of drug-likeness (QED) is 0.774. The Morgan fingerprint density at radius 2 is 2.22 bits per heavy atom. The molecule has 0 saturated carbocycles. The van der Waals surface area contributed by atoms with E-state index in [9.17, 15) is 9.18 Å². The Morgan fingerprint density at radius 1 is 1.39 bits per heavy atom. The molecule has 0 bridgehead atoms. The largest absolute Gasteiger partial charge is 0.459 e. The first-order valence-corrected chi connectivity index (χ1v) is 8.07. The van der Waals surface area contributed by atoms with E-state index in [1.807, 2.05) is 14.1 Å². The molecule has 0 atom stereocenters. The van der Waals surface area contributed by atoms with Crippen LogP contribution >= 0.6 is 11.3 Å². The number of fused-ring (bicyclic) bond motifs is 1. The maximum absolute atomic E-state index is 13.4. The van der Waals surface area contributed by atoms with Gasteiger partial charge in [-0.05, 0) is 30.3 Å². The second-order valence-corrected chi connectivity index (χ2v) is 6.51. The van der Waals surface area contributed by atoms with E-state index in [0.717, 1.165) is 11.2 Å². The molecule has 23 heavy (non-hydrogen) atoms. The number of benzene rings is 1. The number of anilines is 1. The summed E-state index contributed by atoms with van der Waals surface area (Å²) in [5, 5.41) is 0.549. The fraction of sp³-hybridized carbons (Fsp3) is 0.250. The highest BCUT2D eigenvalue weighted by Gasteiger charge is 2.24. The number of nitrogens with one attached hydrogen (secondary N) is 1. The van der Waals surface area contributed by atoms with Crippen molar-refractivity contribution in [2.24, 2.45) is 0 Å². The van der Waals surface area contributed by atoms with Crippen molar-refractivity contribution in [3.05, 3.63) is 48.2 Å². The van der Waals surface area contributed by atoms with E-state index >= 15 is 0 Å². The summed E-state index contributed by atoms with van der Waals surface area (Å²) in [6, 6.07) is 7.73. The summed E-state index contributed by atoms with van der Waals surface area (Å²) >= 11 is 1.30. The highest BCUT2D eigenvalue weighted by atomic mass is 32.1. The Hall–Kier alpha value is -2.25. The number of halogens is 1. The molecule has 1 N–H and O–H groups in total. The number of rotatable bonds is 5. The molecule has 5 nitrogen and oxygen atoms in total. The maximum atomic E-state index is 13.4. The van der Waals surface area contributed by atoms with Crippen molar-refractivity contribution < 1.29 is 18.5 Å². The second-order valence-electron chi connectivity index (χ2n) is 5.50. The average molecular weight is 334 g/mol. The lowest BCUT2D eigenvalue weighted by Crippen LogP contribution is -3.06.